The van der Waals surface area contributed by atoms with Crippen LogP contribution in [-0.2, 0) is 50.6 Å². The molecule has 2 aromatic rings. The summed E-state index contributed by atoms with van der Waals surface area (Å²) in [7, 11) is -14.3. The Kier molecular flexibility index (Phi) is 9.60. The third kappa shape index (κ3) is 7.57. The first kappa shape index (κ1) is 35.0. The summed E-state index contributed by atoms with van der Waals surface area (Å²) >= 11 is 0.655. The van der Waals surface area contributed by atoms with Crippen LogP contribution in [0.1, 0.15) is 38.8 Å². The lowest BCUT2D eigenvalue weighted by Crippen LogP contribution is -2.30. The molecule has 2 aromatic carbocycles. The minimum absolute atomic E-state index is 0.252. The summed E-state index contributed by atoms with van der Waals surface area (Å²) in [4.78, 5) is 1.22. The second-order valence-corrected chi connectivity index (χ2v) is 16.1. The fourth-order valence-corrected chi connectivity index (χ4v) is 7.60. The fraction of sp³-hybridized carbons (Fsp3) is 0.296. The fourth-order valence-electron chi connectivity index (χ4n) is 5.52. The van der Waals surface area contributed by atoms with Crippen LogP contribution in [0, 0.1) is 0 Å². The molecule has 4 rings (SSSR count). The molecule has 45 heavy (non-hydrogen) atoms. The number of nitrogens with zero attached hydrogens (tertiary/aromatic N) is 2. The molecule has 2 aliphatic rings. The Hall–Kier alpha value is -2.91. The molecule has 0 aromatic heterocycles. The van der Waals surface area contributed by atoms with E-state index in [-0.39, 0.29) is 5.69 Å². The number of anilines is 1. The smallest absolute Gasteiger partial charge is 0.237 e. The van der Waals surface area contributed by atoms with Crippen LogP contribution in [-0.4, -0.2) is 61.0 Å². The molecule has 0 unspecified atom stereocenters. The standard InChI is InChI=1S/C27H30N2O12S4/c1-26(2)20-14-18(42-41-40-30)10-12-22(20)28(16-43(31,32)33)24(26)8-6-5-7-9-25-27(3,4)21-15-19(45(37,38)39)11-13-23(21)29(25)17-44(34,35)36/h5-15H,16-17H2,1-4H3,(H3-,30,31,32,33,34,35,36,37,38,39)/p-3. The van der Waals surface area contributed by atoms with Crippen LogP contribution in [0.4, 0.5) is 11.4 Å². The van der Waals surface area contributed by atoms with Crippen molar-refractivity contribution in [3.63, 3.8) is 0 Å². The van der Waals surface area contributed by atoms with Crippen LogP contribution in [0.15, 0.2) is 82.3 Å². The second-order valence-electron chi connectivity index (χ2n) is 11.2. The summed E-state index contributed by atoms with van der Waals surface area (Å²) in [6, 6.07) is 8.30. The van der Waals surface area contributed by atoms with E-state index in [2.05, 4.69) is 9.37 Å². The maximum Gasteiger partial charge on any atom is 0.237 e. The van der Waals surface area contributed by atoms with Crippen molar-refractivity contribution < 1.29 is 58.1 Å². The molecule has 0 N–H and O–H groups in total. The third-order valence-corrected chi connectivity index (χ3v) is 10.0. The van der Waals surface area contributed by atoms with Crippen molar-refractivity contribution in [3.05, 3.63) is 83.6 Å². The van der Waals surface area contributed by atoms with E-state index in [9.17, 15) is 44.2 Å². The Labute approximate surface area is 265 Å². The van der Waals surface area contributed by atoms with Gasteiger partial charge in [-0.05, 0) is 55.8 Å². The normalized spacial score (nSPS) is 18.8. The van der Waals surface area contributed by atoms with Gasteiger partial charge in [0.1, 0.15) is 26.1 Å². The quantitative estimate of drug-likeness (QED) is 0.0818. The van der Waals surface area contributed by atoms with E-state index >= 15 is 0 Å². The van der Waals surface area contributed by atoms with Gasteiger partial charge in [0.25, 0.3) is 0 Å². The van der Waals surface area contributed by atoms with Crippen molar-refractivity contribution in [2.75, 3.05) is 16.7 Å². The van der Waals surface area contributed by atoms with Crippen molar-refractivity contribution in [1.29, 1.82) is 0 Å². The van der Waals surface area contributed by atoms with Gasteiger partial charge in [0.15, 0.2) is 15.8 Å². The highest BCUT2D eigenvalue weighted by Gasteiger charge is 2.45. The zero-order valence-electron chi connectivity index (χ0n) is 24.2. The lowest BCUT2D eigenvalue weighted by molar-refractivity contribution is -0.777. The van der Waals surface area contributed by atoms with Gasteiger partial charge in [-0.2, -0.15) is 8.91 Å². The first-order chi connectivity index (χ1) is 20.7. The molecule has 14 nitrogen and oxygen atoms in total. The lowest BCUT2D eigenvalue weighted by atomic mass is 9.81. The van der Waals surface area contributed by atoms with Gasteiger partial charge >= 0.3 is 0 Å². The Morgan fingerprint density at radius 2 is 1.56 bits per heavy atom. The predicted molar refractivity (Wildman–Crippen MR) is 158 cm³/mol. The predicted octanol–water partition coefficient (Wildman–Crippen LogP) is 2.00. The molecule has 0 radical (unpaired) electrons. The molecule has 244 valence electrons. The largest absolute Gasteiger partial charge is 0.747 e. The summed E-state index contributed by atoms with van der Waals surface area (Å²) in [6.45, 7) is 6.97. The van der Waals surface area contributed by atoms with Crippen LogP contribution in [0.25, 0.3) is 0 Å². The summed E-state index contributed by atoms with van der Waals surface area (Å²) in [5.74, 6) is -1.80. The molecular formula is C27H27N2O12S4-3. The SMILES string of the molecule is CC1(C)C(=CC=CC=CC2=[N+](CS(=O)(=O)[O-])c3ccc(SOO[O-])cc3C2(C)C)N(CS(=O)(=O)[O-])c2ccc(S(=O)(=O)[O-])cc21. The maximum absolute atomic E-state index is 11.8. The number of hydrogen-bond acceptors (Lipinski definition) is 14. The highest BCUT2D eigenvalue weighted by Crippen LogP contribution is 2.48. The summed E-state index contributed by atoms with van der Waals surface area (Å²) < 4.78 is 111. The third-order valence-electron chi connectivity index (χ3n) is 7.48. The van der Waals surface area contributed by atoms with Crippen LogP contribution in [0.3, 0.4) is 0 Å². The number of hydrogen-bond donors (Lipinski definition) is 0. The molecule has 0 saturated heterocycles. The van der Waals surface area contributed by atoms with Gasteiger partial charge in [-0.1, -0.05) is 32.1 Å². The van der Waals surface area contributed by atoms with Crippen molar-refractivity contribution >= 4 is 59.5 Å². The molecule has 0 bridgehead atoms. The first-order valence-electron chi connectivity index (χ1n) is 12.9. The van der Waals surface area contributed by atoms with Gasteiger partial charge in [-0.25, -0.2) is 25.3 Å². The first-order valence-corrected chi connectivity index (χ1v) is 18.2. The maximum atomic E-state index is 11.8. The van der Waals surface area contributed by atoms with Crippen molar-refractivity contribution in [3.8, 4) is 0 Å². The van der Waals surface area contributed by atoms with E-state index in [4.69, 9.17) is 0 Å². The minimum atomic E-state index is -4.81. The van der Waals surface area contributed by atoms with Crippen LogP contribution in [0.5, 0.6) is 0 Å². The molecular weight excluding hydrogens is 673 g/mol. The van der Waals surface area contributed by atoms with Crippen molar-refractivity contribution in [2.24, 2.45) is 0 Å². The van der Waals surface area contributed by atoms with E-state index in [0.717, 1.165) is 12.1 Å². The zero-order valence-corrected chi connectivity index (χ0v) is 27.5. The van der Waals surface area contributed by atoms with Gasteiger partial charge < -0.3 is 23.8 Å². The van der Waals surface area contributed by atoms with Crippen LogP contribution >= 0.6 is 12.0 Å². The van der Waals surface area contributed by atoms with E-state index < -0.39 is 57.8 Å². The molecule has 0 spiro atoms. The van der Waals surface area contributed by atoms with Gasteiger partial charge in [-0.3, -0.25) is 5.04 Å². The average molecular weight is 700 g/mol. The Bertz CT molecular complexity index is 1980. The summed E-state index contributed by atoms with van der Waals surface area (Å²) in [6.07, 6.45) is 7.79. The minimum Gasteiger partial charge on any atom is -0.747 e. The Morgan fingerprint density at radius 3 is 2.16 bits per heavy atom. The van der Waals surface area contributed by atoms with Gasteiger partial charge in [0, 0.05) is 39.4 Å². The topological polar surface area (TPSA) is 219 Å². The summed E-state index contributed by atoms with van der Waals surface area (Å²) in [5.41, 5.74) is 0.641. The van der Waals surface area contributed by atoms with E-state index in [1.165, 1.54) is 27.7 Å². The lowest BCUT2D eigenvalue weighted by Gasteiger charge is -2.27. The number of fused-ring (bicyclic) bond motifs is 2. The molecule has 0 atom stereocenters. The Balaban J connectivity index is 1.72. The number of allylic oxidation sites excluding steroid dienone is 6. The van der Waals surface area contributed by atoms with Crippen molar-refractivity contribution in [1.82, 2.24) is 0 Å². The Morgan fingerprint density at radius 1 is 0.867 bits per heavy atom. The molecule has 18 heteroatoms. The van der Waals surface area contributed by atoms with E-state index in [1.54, 1.807) is 50.3 Å². The van der Waals surface area contributed by atoms with E-state index in [1.807, 2.05) is 13.8 Å². The van der Waals surface area contributed by atoms with Gasteiger partial charge in [0.2, 0.25) is 11.6 Å². The van der Waals surface area contributed by atoms with E-state index in [0.29, 0.717) is 45.2 Å². The second kappa shape index (κ2) is 12.4. The number of benzene rings is 2. The van der Waals surface area contributed by atoms with Crippen molar-refractivity contribution in [2.45, 2.75) is 48.3 Å². The molecule has 0 saturated carbocycles. The number of rotatable bonds is 11. The molecule has 2 aliphatic heterocycles. The van der Waals surface area contributed by atoms with Gasteiger partial charge in [-0.15, -0.1) is 0 Å². The summed E-state index contributed by atoms with van der Waals surface area (Å²) in [5, 5.41) is 13.6. The monoisotopic (exact) mass is 699 g/mol. The highest BCUT2D eigenvalue weighted by molar-refractivity contribution is 7.94. The highest BCUT2D eigenvalue weighted by atomic mass is 32.2. The molecule has 0 amide bonds. The molecule has 0 aliphatic carbocycles. The zero-order chi connectivity index (χ0) is 33.6. The van der Waals surface area contributed by atoms with Crippen LogP contribution < -0.4 is 10.2 Å². The van der Waals surface area contributed by atoms with Crippen LogP contribution in [0.2, 0.25) is 0 Å². The molecule has 2 heterocycles. The average Bonchev–Trinajstić information content (AvgIpc) is 3.23. The molecule has 0 fully saturated rings. The van der Waals surface area contributed by atoms with Gasteiger partial charge in [0.05, 0.1) is 22.4 Å².